The fraction of sp³-hybridized carbons (Fsp3) is 0.600. The molecule has 0 saturated carbocycles. The van der Waals surface area contributed by atoms with E-state index in [9.17, 15) is 41.1 Å². The van der Waals surface area contributed by atoms with Gasteiger partial charge in [-0.25, -0.2) is 0 Å². The number of likely N-dealkylation sites (tertiary alicyclic amines) is 1. The number of carbonyl (C=O) groups excluding carboxylic acids is 2. The number of hydrogen-bond acceptors (Lipinski definition) is 5. The van der Waals surface area contributed by atoms with Gasteiger partial charge in [-0.15, -0.1) is 0 Å². The number of carbonyl (C=O) groups is 2. The lowest BCUT2D eigenvalue weighted by Crippen LogP contribution is -2.51. The lowest BCUT2D eigenvalue weighted by Gasteiger charge is -2.36. The Morgan fingerprint density at radius 1 is 1.00 bits per heavy atom. The Kier molecular flexibility index (Phi) is 7.54. The minimum atomic E-state index is -5.00. The number of hydrogen-bond donors (Lipinski definition) is 2. The first-order valence-electron chi connectivity index (χ1n) is 10.3. The standard InChI is InChI=1S/C20H23F6N3O4/c21-19(22,23)13-8-14(20(24,25)26)10-15(9-13)27-17(30)7-12-1-3-28(4-2-12)18(31)16-11-29(32)5-6-33-16/h8-10,12,16,32H,1-7,11H2,(H,27,30). The topological polar surface area (TPSA) is 82.1 Å². The average molecular weight is 483 g/mol. The van der Waals surface area contributed by atoms with Crippen molar-refractivity contribution in [3.05, 3.63) is 29.3 Å². The first kappa shape index (κ1) is 25.2. The maximum absolute atomic E-state index is 13.0. The van der Waals surface area contributed by atoms with Crippen LogP contribution >= 0.6 is 0 Å². The molecule has 0 bridgehead atoms. The van der Waals surface area contributed by atoms with Gasteiger partial charge in [0.25, 0.3) is 5.91 Å². The Balaban J connectivity index is 1.56. The SMILES string of the molecule is O=C(CC1CCN(C(=O)C2CN(O)CCO2)CC1)Nc1cc(C(F)(F)F)cc(C(F)(F)F)c1. The van der Waals surface area contributed by atoms with Crippen LogP contribution in [0.25, 0.3) is 0 Å². The average Bonchev–Trinajstić information content (AvgIpc) is 2.72. The van der Waals surface area contributed by atoms with Gasteiger partial charge in [0.15, 0.2) is 6.10 Å². The highest BCUT2D eigenvalue weighted by atomic mass is 19.4. The van der Waals surface area contributed by atoms with Gasteiger partial charge in [0.1, 0.15) is 0 Å². The van der Waals surface area contributed by atoms with E-state index in [1.165, 1.54) is 0 Å². The molecule has 0 aliphatic carbocycles. The van der Waals surface area contributed by atoms with Crippen LogP contribution in [0.3, 0.4) is 0 Å². The molecule has 2 aliphatic heterocycles. The molecule has 1 aromatic rings. The van der Waals surface area contributed by atoms with Crippen LogP contribution < -0.4 is 5.32 Å². The molecule has 7 nitrogen and oxygen atoms in total. The van der Waals surface area contributed by atoms with Gasteiger partial charge < -0.3 is 20.2 Å². The molecule has 33 heavy (non-hydrogen) atoms. The van der Waals surface area contributed by atoms with Crippen molar-refractivity contribution in [3.8, 4) is 0 Å². The van der Waals surface area contributed by atoms with E-state index in [2.05, 4.69) is 5.32 Å². The molecule has 2 amide bonds. The van der Waals surface area contributed by atoms with E-state index in [1.807, 2.05) is 0 Å². The van der Waals surface area contributed by atoms with E-state index in [4.69, 9.17) is 4.74 Å². The van der Waals surface area contributed by atoms with E-state index in [0.717, 1.165) is 5.06 Å². The monoisotopic (exact) mass is 483 g/mol. The number of benzene rings is 1. The lowest BCUT2D eigenvalue weighted by atomic mass is 9.93. The van der Waals surface area contributed by atoms with E-state index in [0.29, 0.717) is 44.6 Å². The second-order valence-electron chi connectivity index (χ2n) is 8.09. The van der Waals surface area contributed by atoms with Crippen LogP contribution in [0.4, 0.5) is 32.0 Å². The van der Waals surface area contributed by atoms with Crippen molar-refractivity contribution in [2.45, 2.75) is 37.7 Å². The smallest absolute Gasteiger partial charge is 0.365 e. The minimum absolute atomic E-state index is 0.00553. The first-order valence-corrected chi connectivity index (χ1v) is 10.3. The van der Waals surface area contributed by atoms with Gasteiger partial charge in [0.05, 0.1) is 24.3 Å². The quantitative estimate of drug-likeness (QED) is 0.642. The molecular weight excluding hydrogens is 460 g/mol. The van der Waals surface area contributed by atoms with Crippen LogP contribution in [-0.2, 0) is 26.7 Å². The number of alkyl halides is 6. The number of hydroxylamine groups is 2. The van der Waals surface area contributed by atoms with E-state index in [1.54, 1.807) is 4.90 Å². The molecule has 2 fully saturated rings. The molecule has 0 aromatic heterocycles. The Hall–Kier alpha value is -2.38. The number of rotatable bonds is 4. The summed E-state index contributed by atoms with van der Waals surface area (Å²) >= 11 is 0. The van der Waals surface area contributed by atoms with Gasteiger partial charge in [0.2, 0.25) is 5.91 Å². The van der Waals surface area contributed by atoms with Crippen molar-refractivity contribution in [1.29, 1.82) is 0 Å². The fourth-order valence-corrected chi connectivity index (χ4v) is 3.85. The molecule has 3 rings (SSSR count). The summed E-state index contributed by atoms with van der Waals surface area (Å²) in [6.07, 6.45) is -10.0. The molecule has 13 heteroatoms. The van der Waals surface area contributed by atoms with Crippen LogP contribution in [-0.4, -0.2) is 65.9 Å². The second kappa shape index (κ2) is 9.85. The van der Waals surface area contributed by atoms with Crippen molar-refractivity contribution < 1.29 is 45.9 Å². The molecule has 2 saturated heterocycles. The van der Waals surface area contributed by atoms with Crippen LogP contribution in [0.15, 0.2) is 18.2 Å². The van der Waals surface area contributed by atoms with E-state index >= 15 is 0 Å². The summed E-state index contributed by atoms with van der Waals surface area (Å²) in [4.78, 5) is 26.3. The van der Waals surface area contributed by atoms with Gasteiger partial charge in [-0.05, 0) is 37.0 Å². The summed E-state index contributed by atoms with van der Waals surface area (Å²) < 4.78 is 83.2. The number of halogens is 6. The lowest BCUT2D eigenvalue weighted by molar-refractivity contribution is -0.184. The van der Waals surface area contributed by atoms with Crippen LogP contribution in [0.5, 0.6) is 0 Å². The predicted octanol–water partition coefficient (Wildman–Crippen LogP) is 3.38. The minimum Gasteiger partial charge on any atom is -0.365 e. The van der Waals surface area contributed by atoms with Crippen molar-refractivity contribution in [1.82, 2.24) is 9.96 Å². The molecule has 1 atom stereocenters. The summed E-state index contributed by atoms with van der Waals surface area (Å²) in [6.45, 7) is 1.22. The predicted molar refractivity (Wildman–Crippen MR) is 102 cm³/mol. The van der Waals surface area contributed by atoms with Crippen molar-refractivity contribution >= 4 is 17.5 Å². The Labute approximate surface area is 185 Å². The van der Waals surface area contributed by atoms with Gasteiger partial charge in [-0.1, -0.05) is 0 Å². The highest BCUT2D eigenvalue weighted by Crippen LogP contribution is 2.37. The van der Waals surface area contributed by atoms with Crippen molar-refractivity contribution in [3.63, 3.8) is 0 Å². The second-order valence-corrected chi connectivity index (χ2v) is 8.09. The van der Waals surface area contributed by atoms with Gasteiger partial charge in [0, 0.05) is 31.7 Å². The molecule has 2 N–H and O–H groups in total. The third kappa shape index (κ3) is 6.81. The molecule has 2 aliphatic rings. The summed E-state index contributed by atoms with van der Waals surface area (Å²) in [7, 11) is 0. The van der Waals surface area contributed by atoms with E-state index in [-0.39, 0.29) is 37.5 Å². The van der Waals surface area contributed by atoms with Gasteiger partial charge in [-0.3, -0.25) is 9.59 Å². The van der Waals surface area contributed by atoms with Crippen LogP contribution in [0.2, 0.25) is 0 Å². The zero-order valence-electron chi connectivity index (χ0n) is 17.4. The molecule has 0 radical (unpaired) electrons. The molecular formula is C20H23F6N3O4. The Bertz CT molecular complexity index is 836. The number of amides is 2. The van der Waals surface area contributed by atoms with Crippen molar-refractivity contribution in [2.75, 3.05) is 38.1 Å². The number of morpholine rings is 1. The summed E-state index contributed by atoms with van der Waals surface area (Å²) in [6, 6.07) is 0.917. The molecule has 1 aromatic carbocycles. The van der Waals surface area contributed by atoms with Crippen LogP contribution in [0, 0.1) is 5.92 Å². The zero-order chi connectivity index (χ0) is 24.4. The first-order chi connectivity index (χ1) is 15.3. The number of anilines is 1. The largest absolute Gasteiger partial charge is 0.416 e. The van der Waals surface area contributed by atoms with Crippen LogP contribution in [0.1, 0.15) is 30.4 Å². The fourth-order valence-electron chi connectivity index (χ4n) is 3.85. The number of ether oxygens (including phenoxy) is 1. The van der Waals surface area contributed by atoms with Gasteiger partial charge in [-0.2, -0.15) is 31.4 Å². The molecule has 1 unspecified atom stereocenters. The van der Waals surface area contributed by atoms with E-state index < -0.39 is 41.2 Å². The maximum Gasteiger partial charge on any atom is 0.416 e. The molecule has 2 heterocycles. The number of nitrogens with one attached hydrogen (secondary N) is 1. The highest BCUT2D eigenvalue weighted by molar-refractivity contribution is 5.91. The van der Waals surface area contributed by atoms with Gasteiger partial charge >= 0.3 is 12.4 Å². The number of piperidine rings is 1. The maximum atomic E-state index is 13.0. The summed E-state index contributed by atoms with van der Waals surface area (Å²) in [5, 5.41) is 12.7. The zero-order valence-corrected chi connectivity index (χ0v) is 17.4. The Morgan fingerprint density at radius 3 is 2.09 bits per heavy atom. The summed E-state index contributed by atoms with van der Waals surface area (Å²) in [5.74, 6) is -1.18. The number of nitrogens with zero attached hydrogens (tertiary/aromatic N) is 2. The van der Waals surface area contributed by atoms with Crippen molar-refractivity contribution in [2.24, 2.45) is 5.92 Å². The molecule has 0 spiro atoms. The molecule has 184 valence electrons. The third-order valence-electron chi connectivity index (χ3n) is 5.59. The summed E-state index contributed by atoms with van der Waals surface area (Å²) in [5.41, 5.74) is -3.60. The normalized spacial score (nSPS) is 21.2. The highest BCUT2D eigenvalue weighted by Gasteiger charge is 2.37. The Morgan fingerprint density at radius 2 is 1.58 bits per heavy atom. The third-order valence-corrected chi connectivity index (χ3v) is 5.59.